The molecule has 3 aromatic rings. The number of aromatic nitrogens is 3. The fraction of sp³-hybridized carbons (Fsp3) is 0.286. The second-order valence-corrected chi connectivity index (χ2v) is 7.43. The lowest BCUT2D eigenvalue weighted by Crippen LogP contribution is -2.43. The lowest BCUT2D eigenvalue weighted by Gasteiger charge is -2.30. The number of H-pyrrole nitrogens is 1. The molecule has 0 bridgehead atoms. The normalized spacial score (nSPS) is 18.7. The number of pyridine rings is 2. The van der Waals surface area contributed by atoms with E-state index in [4.69, 9.17) is 11.5 Å². The Bertz CT molecular complexity index is 1040. The zero-order valence-electron chi connectivity index (χ0n) is 16.4. The molecule has 0 saturated heterocycles. The largest absolute Gasteiger partial charge is 0.367 e. The minimum atomic E-state index is -0.773. The average molecular weight is 409 g/mol. The van der Waals surface area contributed by atoms with E-state index >= 15 is 0 Å². The molecule has 8 nitrogen and oxygen atoms in total. The smallest absolute Gasteiger partial charge is 0.252 e. The maximum atomic E-state index is 14.6. The summed E-state index contributed by atoms with van der Waals surface area (Å²) in [6.45, 7) is 0. The number of nitrogens with zero attached hydrogens (tertiary/aromatic N) is 2. The third kappa shape index (κ3) is 4.25. The molecule has 1 aliphatic rings. The van der Waals surface area contributed by atoms with Gasteiger partial charge in [0.15, 0.2) is 11.6 Å². The number of anilines is 3. The second kappa shape index (κ2) is 8.50. The average Bonchev–Trinajstić information content (AvgIpc) is 3.27. The van der Waals surface area contributed by atoms with Crippen LogP contribution in [0, 0.1) is 5.82 Å². The molecule has 0 radical (unpaired) electrons. The van der Waals surface area contributed by atoms with Crippen LogP contribution in [0.4, 0.5) is 21.7 Å². The molecular formula is C21H24FN7O. The number of aromatic amines is 1. The maximum absolute atomic E-state index is 14.6. The first kappa shape index (κ1) is 19.8. The van der Waals surface area contributed by atoms with E-state index in [-0.39, 0.29) is 29.3 Å². The van der Waals surface area contributed by atoms with Crippen molar-refractivity contribution in [1.29, 1.82) is 0 Å². The van der Waals surface area contributed by atoms with Gasteiger partial charge in [-0.2, -0.15) is 0 Å². The molecule has 3 heterocycles. The van der Waals surface area contributed by atoms with Crippen molar-refractivity contribution in [3.05, 3.63) is 54.2 Å². The van der Waals surface area contributed by atoms with Crippen LogP contribution in [-0.4, -0.2) is 32.9 Å². The van der Waals surface area contributed by atoms with E-state index in [9.17, 15) is 9.18 Å². The summed E-state index contributed by atoms with van der Waals surface area (Å²) in [7, 11) is 0. The van der Waals surface area contributed by atoms with Crippen molar-refractivity contribution in [2.45, 2.75) is 37.8 Å². The van der Waals surface area contributed by atoms with E-state index < -0.39 is 11.7 Å². The van der Waals surface area contributed by atoms with Crippen LogP contribution < -0.4 is 22.1 Å². The highest BCUT2D eigenvalue weighted by Gasteiger charge is 2.24. The molecule has 1 amide bonds. The minimum absolute atomic E-state index is 0.0361. The van der Waals surface area contributed by atoms with Crippen molar-refractivity contribution in [1.82, 2.24) is 15.0 Å². The van der Waals surface area contributed by atoms with Gasteiger partial charge in [-0.3, -0.25) is 9.78 Å². The van der Waals surface area contributed by atoms with Gasteiger partial charge in [0.1, 0.15) is 5.82 Å². The predicted octanol–water partition coefficient (Wildman–Crippen LogP) is 3.14. The highest BCUT2D eigenvalue weighted by molar-refractivity contribution is 5.98. The van der Waals surface area contributed by atoms with Crippen molar-refractivity contribution >= 4 is 23.2 Å². The molecule has 156 valence electrons. The number of hydrogen-bond donors (Lipinski definition) is 5. The van der Waals surface area contributed by atoms with Gasteiger partial charge in [0, 0.05) is 41.9 Å². The van der Waals surface area contributed by atoms with Gasteiger partial charge in [0.2, 0.25) is 0 Å². The first-order valence-electron chi connectivity index (χ1n) is 9.90. The number of hydrogen-bond acceptors (Lipinski definition) is 6. The summed E-state index contributed by atoms with van der Waals surface area (Å²) in [6.07, 6.45) is 9.07. The van der Waals surface area contributed by atoms with E-state index in [2.05, 4.69) is 25.6 Å². The zero-order valence-corrected chi connectivity index (χ0v) is 16.4. The molecule has 30 heavy (non-hydrogen) atoms. The Labute approximate surface area is 173 Å². The SMILES string of the molecule is NC(=O)c1cc(F)c(N[C@@H]2CCCC[C@@H]2N)nc1Nc1ccnc(-c2cc[nH]c2)c1. The molecule has 4 rings (SSSR count). The standard InChI is InChI=1S/C21H24FN7O/c22-15-10-14(19(24)30)20(29-21(15)28-17-4-2-1-3-16(17)23)27-13-6-8-26-18(9-13)12-5-7-25-11-12/h5-11,16-17,25H,1-4,23H2,(H2,24,30)(H2,26,27,28,29)/t16-,17+/m0/s1. The van der Waals surface area contributed by atoms with Crippen molar-refractivity contribution in [2.75, 3.05) is 10.6 Å². The van der Waals surface area contributed by atoms with Crippen LogP contribution >= 0.6 is 0 Å². The van der Waals surface area contributed by atoms with Crippen LogP contribution in [-0.2, 0) is 0 Å². The lowest BCUT2D eigenvalue weighted by atomic mass is 9.91. The summed E-state index contributed by atoms with van der Waals surface area (Å²) in [4.78, 5) is 23.5. The topological polar surface area (TPSA) is 135 Å². The van der Waals surface area contributed by atoms with E-state index in [1.165, 1.54) is 0 Å². The molecular weight excluding hydrogens is 385 g/mol. The lowest BCUT2D eigenvalue weighted by molar-refractivity contribution is 0.100. The third-order valence-corrected chi connectivity index (χ3v) is 5.30. The fourth-order valence-electron chi connectivity index (χ4n) is 3.67. The summed E-state index contributed by atoms with van der Waals surface area (Å²) in [6, 6.07) is 6.39. The third-order valence-electron chi connectivity index (χ3n) is 5.30. The number of amides is 1. The van der Waals surface area contributed by atoms with E-state index in [0.717, 1.165) is 43.0 Å². The van der Waals surface area contributed by atoms with Crippen molar-refractivity contribution in [3.63, 3.8) is 0 Å². The number of carbonyl (C=O) groups is 1. The van der Waals surface area contributed by atoms with Gasteiger partial charge in [0.05, 0.1) is 11.3 Å². The maximum Gasteiger partial charge on any atom is 0.252 e. The molecule has 7 N–H and O–H groups in total. The minimum Gasteiger partial charge on any atom is -0.367 e. The number of nitrogens with two attached hydrogens (primary N) is 2. The molecule has 3 aromatic heterocycles. The molecule has 0 aromatic carbocycles. The van der Waals surface area contributed by atoms with Crippen LogP contribution in [0.3, 0.4) is 0 Å². The van der Waals surface area contributed by atoms with Crippen LogP contribution in [0.15, 0.2) is 42.9 Å². The van der Waals surface area contributed by atoms with Crippen LogP contribution in [0.1, 0.15) is 36.0 Å². The second-order valence-electron chi connectivity index (χ2n) is 7.43. The Hall–Kier alpha value is -3.46. The number of rotatable bonds is 6. The Kier molecular flexibility index (Phi) is 5.62. The van der Waals surface area contributed by atoms with Gasteiger partial charge in [-0.25, -0.2) is 9.37 Å². The van der Waals surface area contributed by atoms with Crippen LogP contribution in [0.25, 0.3) is 11.3 Å². The summed E-state index contributed by atoms with van der Waals surface area (Å²) in [5, 5.41) is 6.18. The molecule has 9 heteroatoms. The van der Waals surface area contributed by atoms with Crippen LogP contribution in [0.2, 0.25) is 0 Å². The Morgan fingerprint density at radius 2 is 2.03 bits per heavy atom. The number of primary amides is 1. The Morgan fingerprint density at radius 3 is 2.77 bits per heavy atom. The molecule has 1 fully saturated rings. The van der Waals surface area contributed by atoms with Crippen molar-refractivity contribution in [2.24, 2.45) is 11.5 Å². The molecule has 0 aliphatic heterocycles. The fourth-order valence-corrected chi connectivity index (χ4v) is 3.67. The number of carbonyl (C=O) groups excluding carboxylic acids is 1. The highest BCUT2D eigenvalue weighted by Crippen LogP contribution is 2.28. The predicted molar refractivity (Wildman–Crippen MR) is 114 cm³/mol. The van der Waals surface area contributed by atoms with Gasteiger partial charge >= 0.3 is 0 Å². The zero-order chi connectivity index (χ0) is 21.1. The number of halogens is 1. The first-order chi connectivity index (χ1) is 14.5. The van der Waals surface area contributed by atoms with Crippen molar-refractivity contribution in [3.8, 4) is 11.3 Å². The quantitative estimate of drug-likeness (QED) is 0.424. The van der Waals surface area contributed by atoms with Crippen LogP contribution in [0.5, 0.6) is 0 Å². The monoisotopic (exact) mass is 409 g/mol. The number of nitrogens with one attached hydrogen (secondary N) is 3. The molecule has 1 saturated carbocycles. The summed E-state index contributed by atoms with van der Waals surface area (Å²) < 4.78 is 14.6. The van der Waals surface area contributed by atoms with E-state index in [1.807, 2.05) is 18.3 Å². The van der Waals surface area contributed by atoms with Crippen molar-refractivity contribution < 1.29 is 9.18 Å². The first-order valence-corrected chi connectivity index (χ1v) is 9.90. The highest BCUT2D eigenvalue weighted by atomic mass is 19.1. The van der Waals surface area contributed by atoms with E-state index in [0.29, 0.717) is 5.69 Å². The van der Waals surface area contributed by atoms with Gasteiger partial charge in [-0.05, 0) is 37.1 Å². The summed E-state index contributed by atoms with van der Waals surface area (Å²) in [5.74, 6) is -1.20. The van der Waals surface area contributed by atoms with Gasteiger partial charge in [-0.1, -0.05) is 12.8 Å². The summed E-state index contributed by atoms with van der Waals surface area (Å²) >= 11 is 0. The molecule has 0 spiro atoms. The molecule has 2 atom stereocenters. The Morgan fingerprint density at radius 1 is 1.20 bits per heavy atom. The molecule has 0 unspecified atom stereocenters. The molecule has 1 aliphatic carbocycles. The van der Waals surface area contributed by atoms with E-state index in [1.54, 1.807) is 18.5 Å². The van der Waals surface area contributed by atoms with Gasteiger partial charge < -0.3 is 27.1 Å². The summed E-state index contributed by atoms with van der Waals surface area (Å²) in [5.41, 5.74) is 13.9. The Balaban J connectivity index is 1.64. The van der Waals surface area contributed by atoms with Gasteiger partial charge in [-0.15, -0.1) is 0 Å². The van der Waals surface area contributed by atoms with Gasteiger partial charge in [0.25, 0.3) is 5.91 Å².